The number of nitrogens with one attached hydrogen (secondary N) is 1. The molecular weight excluding hydrogens is 393 g/mol. The second kappa shape index (κ2) is 8.83. The third kappa shape index (κ3) is 4.64. The Hall–Kier alpha value is -3.93. The molecule has 6 heteroatoms. The van der Waals surface area contributed by atoms with Crippen LogP contribution >= 0.6 is 0 Å². The lowest BCUT2D eigenvalue weighted by Gasteiger charge is -2.09. The molecule has 0 bridgehead atoms. The van der Waals surface area contributed by atoms with Gasteiger partial charge in [0, 0.05) is 17.4 Å². The number of amides is 1. The zero-order chi connectivity index (χ0) is 21.8. The molecular formula is C25H22FN3O2. The number of carbonyl (C=O) groups excluding carboxylic acids is 1. The Balaban J connectivity index is 1.72. The molecule has 3 aromatic carbocycles. The van der Waals surface area contributed by atoms with Crippen LogP contribution < -0.4 is 10.1 Å². The summed E-state index contributed by atoms with van der Waals surface area (Å²) in [5.74, 6) is 0.0194. The number of carbonyl (C=O) groups is 1. The van der Waals surface area contributed by atoms with Crippen LogP contribution in [0.4, 0.5) is 10.1 Å². The van der Waals surface area contributed by atoms with Crippen molar-refractivity contribution in [2.45, 2.75) is 13.5 Å². The summed E-state index contributed by atoms with van der Waals surface area (Å²) < 4.78 is 20.5. The minimum absolute atomic E-state index is 0.313. The van der Waals surface area contributed by atoms with E-state index < -0.39 is 0 Å². The molecule has 1 aromatic heterocycles. The first-order chi connectivity index (χ1) is 15.0. The smallest absolute Gasteiger partial charge is 0.259 e. The zero-order valence-corrected chi connectivity index (χ0v) is 17.3. The maximum absolute atomic E-state index is 13.4. The van der Waals surface area contributed by atoms with Gasteiger partial charge in [-0.05, 0) is 48.4 Å². The number of hydrogen-bond donors (Lipinski definition) is 1. The largest absolute Gasteiger partial charge is 0.497 e. The van der Waals surface area contributed by atoms with Crippen molar-refractivity contribution >= 4 is 11.6 Å². The highest BCUT2D eigenvalue weighted by Gasteiger charge is 2.19. The third-order valence-corrected chi connectivity index (χ3v) is 4.97. The maximum atomic E-state index is 13.4. The van der Waals surface area contributed by atoms with Crippen LogP contribution in [0.25, 0.3) is 11.3 Å². The topological polar surface area (TPSA) is 56.2 Å². The molecule has 0 spiro atoms. The van der Waals surface area contributed by atoms with Crippen LogP contribution in [0.1, 0.15) is 21.5 Å². The Labute approximate surface area is 180 Å². The van der Waals surface area contributed by atoms with Gasteiger partial charge in [0.15, 0.2) is 0 Å². The van der Waals surface area contributed by atoms with Gasteiger partial charge in [-0.3, -0.25) is 9.48 Å². The molecule has 0 radical (unpaired) electrons. The van der Waals surface area contributed by atoms with Crippen LogP contribution in [-0.4, -0.2) is 22.8 Å². The quantitative estimate of drug-likeness (QED) is 0.465. The van der Waals surface area contributed by atoms with Crippen LogP contribution in [-0.2, 0) is 6.54 Å². The number of nitrogens with zero attached hydrogens (tertiary/aromatic N) is 2. The van der Waals surface area contributed by atoms with Crippen molar-refractivity contribution in [2.24, 2.45) is 0 Å². The summed E-state index contributed by atoms with van der Waals surface area (Å²) in [4.78, 5) is 13.2. The van der Waals surface area contributed by atoms with E-state index in [1.165, 1.54) is 12.1 Å². The Morgan fingerprint density at radius 3 is 2.61 bits per heavy atom. The standard InChI is InChI=1S/C25H22FN3O2/c1-17-13-20(26)11-12-23(17)27-25(30)22-16-29(15-18-7-4-3-5-8-18)28-24(22)19-9-6-10-21(14-19)31-2/h3-14,16H,15H2,1-2H3,(H,27,30). The average molecular weight is 415 g/mol. The number of aromatic nitrogens is 2. The molecule has 0 atom stereocenters. The number of ether oxygens (including phenoxy) is 1. The molecule has 4 rings (SSSR count). The van der Waals surface area contributed by atoms with Gasteiger partial charge in [0.25, 0.3) is 5.91 Å². The molecule has 31 heavy (non-hydrogen) atoms. The molecule has 1 heterocycles. The molecule has 1 N–H and O–H groups in total. The van der Waals surface area contributed by atoms with Gasteiger partial charge < -0.3 is 10.1 Å². The monoisotopic (exact) mass is 415 g/mol. The van der Waals surface area contributed by atoms with Crippen molar-refractivity contribution in [1.82, 2.24) is 9.78 Å². The highest BCUT2D eigenvalue weighted by atomic mass is 19.1. The van der Waals surface area contributed by atoms with Gasteiger partial charge in [0.05, 0.1) is 19.2 Å². The van der Waals surface area contributed by atoms with Crippen molar-refractivity contribution in [3.8, 4) is 17.0 Å². The average Bonchev–Trinajstić information content (AvgIpc) is 3.20. The van der Waals surface area contributed by atoms with E-state index in [0.717, 1.165) is 11.1 Å². The van der Waals surface area contributed by atoms with E-state index in [4.69, 9.17) is 9.84 Å². The highest BCUT2D eigenvalue weighted by molar-refractivity contribution is 6.08. The first-order valence-electron chi connectivity index (χ1n) is 9.87. The van der Waals surface area contributed by atoms with Crippen LogP contribution in [0.15, 0.2) is 79.0 Å². The van der Waals surface area contributed by atoms with E-state index in [-0.39, 0.29) is 11.7 Å². The van der Waals surface area contributed by atoms with E-state index in [9.17, 15) is 9.18 Å². The maximum Gasteiger partial charge on any atom is 0.259 e. The van der Waals surface area contributed by atoms with Crippen LogP contribution in [0.3, 0.4) is 0 Å². The van der Waals surface area contributed by atoms with Crippen LogP contribution in [0, 0.1) is 12.7 Å². The number of anilines is 1. The summed E-state index contributed by atoms with van der Waals surface area (Å²) in [6.45, 7) is 2.28. The van der Waals surface area contributed by atoms with Crippen molar-refractivity contribution in [3.63, 3.8) is 0 Å². The first kappa shape index (κ1) is 20.3. The molecule has 0 unspecified atom stereocenters. The minimum Gasteiger partial charge on any atom is -0.497 e. The van der Waals surface area contributed by atoms with Crippen LogP contribution in [0.5, 0.6) is 5.75 Å². The number of hydrogen-bond acceptors (Lipinski definition) is 3. The van der Waals surface area contributed by atoms with Gasteiger partial charge in [-0.2, -0.15) is 5.10 Å². The molecule has 0 fully saturated rings. The van der Waals surface area contributed by atoms with Gasteiger partial charge in [-0.1, -0.05) is 42.5 Å². The zero-order valence-electron chi connectivity index (χ0n) is 17.3. The molecule has 0 aliphatic carbocycles. The van der Waals surface area contributed by atoms with Crippen molar-refractivity contribution in [3.05, 3.63) is 102 Å². The van der Waals surface area contributed by atoms with E-state index in [1.807, 2.05) is 54.6 Å². The summed E-state index contributed by atoms with van der Waals surface area (Å²) in [5.41, 5.74) is 4.02. The van der Waals surface area contributed by atoms with Gasteiger partial charge >= 0.3 is 0 Å². The normalized spacial score (nSPS) is 10.7. The second-order valence-corrected chi connectivity index (χ2v) is 7.22. The van der Waals surface area contributed by atoms with Crippen molar-refractivity contribution in [2.75, 3.05) is 12.4 Å². The Morgan fingerprint density at radius 1 is 1.06 bits per heavy atom. The number of aryl methyl sites for hydroxylation is 1. The highest BCUT2D eigenvalue weighted by Crippen LogP contribution is 2.27. The predicted molar refractivity (Wildman–Crippen MR) is 119 cm³/mol. The summed E-state index contributed by atoms with van der Waals surface area (Å²) in [6, 6.07) is 21.6. The second-order valence-electron chi connectivity index (χ2n) is 7.22. The molecule has 156 valence electrons. The SMILES string of the molecule is COc1cccc(-c2nn(Cc3ccccc3)cc2C(=O)Nc2ccc(F)cc2C)c1. The molecule has 1 amide bonds. The summed E-state index contributed by atoms with van der Waals surface area (Å²) in [7, 11) is 1.60. The fourth-order valence-corrected chi connectivity index (χ4v) is 3.38. The Bertz CT molecular complexity index is 1220. The summed E-state index contributed by atoms with van der Waals surface area (Å²) in [5, 5.41) is 7.57. The Morgan fingerprint density at radius 2 is 1.87 bits per heavy atom. The fourth-order valence-electron chi connectivity index (χ4n) is 3.38. The van der Waals surface area contributed by atoms with E-state index in [1.54, 1.807) is 31.0 Å². The van der Waals surface area contributed by atoms with Gasteiger partial charge in [0.1, 0.15) is 17.3 Å². The molecule has 0 aliphatic rings. The summed E-state index contributed by atoms with van der Waals surface area (Å²) >= 11 is 0. The summed E-state index contributed by atoms with van der Waals surface area (Å²) in [6.07, 6.45) is 1.73. The lowest BCUT2D eigenvalue weighted by molar-refractivity contribution is 0.102. The lowest BCUT2D eigenvalue weighted by atomic mass is 10.1. The Kier molecular flexibility index (Phi) is 5.80. The fraction of sp³-hybridized carbons (Fsp3) is 0.120. The predicted octanol–water partition coefficient (Wildman–Crippen LogP) is 5.31. The number of methoxy groups -OCH3 is 1. The number of rotatable bonds is 6. The van der Waals surface area contributed by atoms with Crippen molar-refractivity contribution < 1.29 is 13.9 Å². The van der Waals surface area contributed by atoms with E-state index in [0.29, 0.717) is 34.8 Å². The molecule has 5 nitrogen and oxygen atoms in total. The number of halogens is 1. The molecule has 0 saturated heterocycles. The third-order valence-electron chi connectivity index (χ3n) is 4.97. The molecule has 4 aromatic rings. The van der Waals surface area contributed by atoms with E-state index >= 15 is 0 Å². The lowest BCUT2D eigenvalue weighted by Crippen LogP contribution is -2.13. The van der Waals surface area contributed by atoms with Crippen LogP contribution in [0.2, 0.25) is 0 Å². The van der Waals surface area contributed by atoms with Crippen molar-refractivity contribution in [1.29, 1.82) is 0 Å². The van der Waals surface area contributed by atoms with Gasteiger partial charge in [-0.15, -0.1) is 0 Å². The molecule has 0 saturated carbocycles. The number of benzene rings is 3. The van der Waals surface area contributed by atoms with Gasteiger partial charge in [0.2, 0.25) is 0 Å². The van der Waals surface area contributed by atoms with E-state index in [2.05, 4.69) is 5.32 Å². The molecule has 0 aliphatic heterocycles. The minimum atomic E-state index is -0.344. The van der Waals surface area contributed by atoms with Gasteiger partial charge in [-0.25, -0.2) is 4.39 Å². The first-order valence-corrected chi connectivity index (χ1v) is 9.87.